The summed E-state index contributed by atoms with van der Waals surface area (Å²) in [6.45, 7) is 3.84. The molecule has 0 bridgehead atoms. The first-order valence-corrected chi connectivity index (χ1v) is 9.45. The molecule has 0 radical (unpaired) electrons. The molecule has 0 unspecified atom stereocenters. The topological polar surface area (TPSA) is 70.7 Å². The Morgan fingerprint density at radius 3 is 2.73 bits per heavy atom. The molecule has 1 aromatic carbocycles. The average Bonchev–Trinajstić information content (AvgIpc) is 2.97. The molecule has 7 heteroatoms. The minimum atomic E-state index is -0.317. The smallest absolute Gasteiger partial charge is 0.238 e. The van der Waals surface area contributed by atoms with Crippen LogP contribution in [0.4, 0.5) is 5.82 Å². The monoisotopic (exact) mass is 386 g/mol. The van der Waals surface area contributed by atoms with E-state index in [1.807, 2.05) is 32.0 Å². The third-order valence-electron chi connectivity index (χ3n) is 3.81. The van der Waals surface area contributed by atoms with Gasteiger partial charge in [0.1, 0.15) is 5.82 Å². The van der Waals surface area contributed by atoms with E-state index >= 15 is 0 Å². The zero-order chi connectivity index (χ0) is 18.5. The van der Waals surface area contributed by atoms with Gasteiger partial charge < -0.3 is 10.3 Å². The lowest BCUT2D eigenvalue weighted by molar-refractivity contribution is -0.115. The number of anilines is 1. The lowest BCUT2D eigenvalue weighted by Gasteiger charge is -2.09. The van der Waals surface area contributed by atoms with Crippen molar-refractivity contribution >= 4 is 35.1 Å². The fourth-order valence-corrected chi connectivity index (χ4v) is 3.37. The van der Waals surface area contributed by atoms with Gasteiger partial charge >= 0.3 is 0 Å². The van der Waals surface area contributed by atoms with Crippen LogP contribution in [-0.2, 0) is 11.2 Å². The van der Waals surface area contributed by atoms with E-state index in [-0.39, 0.29) is 11.2 Å². The predicted octanol–water partition coefficient (Wildman–Crippen LogP) is 4.48. The van der Waals surface area contributed by atoms with Crippen molar-refractivity contribution in [3.05, 3.63) is 70.6 Å². The van der Waals surface area contributed by atoms with E-state index in [1.54, 1.807) is 12.1 Å². The van der Waals surface area contributed by atoms with Gasteiger partial charge in [0.15, 0.2) is 5.16 Å². The predicted molar refractivity (Wildman–Crippen MR) is 106 cm³/mol. The summed E-state index contributed by atoms with van der Waals surface area (Å²) in [5.41, 5.74) is 3.22. The van der Waals surface area contributed by atoms with E-state index in [4.69, 9.17) is 11.6 Å². The van der Waals surface area contributed by atoms with Gasteiger partial charge in [0, 0.05) is 18.3 Å². The van der Waals surface area contributed by atoms with Gasteiger partial charge in [-0.05, 0) is 31.5 Å². The molecule has 2 heterocycles. The van der Waals surface area contributed by atoms with E-state index in [2.05, 4.69) is 32.4 Å². The molecule has 0 aliphatic carbocycles. The molecular weight excluding hydrogens is 368 g/mol. The Bertz CT molecular complexity index is 880. The fourth-order valence-electron chi connectivity index (χ4n) is 2.38. The summed E-state index contributed by atoms with van der Waals surface area (Å²) in [5, 5.41) is 3.73. The van der Waals surface area contributed by atoms with E-state index in [9.17, 15) is 4.79 Å². The Morgan fingerprint density at radius 2 is 2.04 bits per heavy atom. The van der Waals surface area contributed by atoms with E-state index in [0.29, 0.717) is 10.8 Å². The second-order valence-electron chi connectivity index (χ2n) is 5.89. The number of halogens is 1. The van der Waals surface area contributed by atoms with Crippen molar-refractivity contribution in [2.24, 2.45) is 0 Å². The average molecular weight is 387 g/mol. The SMILES string of the molecule is Cc1[nH]c(S[C@H](C)C(=O)Nc2ccc(Cl)cn2)nc1Cc1ccccc1. The molecule has 134 valence electrons. The summed E-state index contributed by atoms with van der Waals surface area (Å²) in [6, 6.07) is 13.6. The first-order valence-electron chi connectivity index (χ1n) is 8.20. The Balaban J connectivity index is 1.62. The van der Waals surface area contributed by atoms with Crippen LogP contribution < -0.4 is 5.32 Å². The first-order chi connectivity index (χ1) is 12.5. The van der Waals surface area contributed by atoms with Crippen LogP contribution in [-0.4, -0.2) is 26.1 Å². The number of benzene rings is 1. The molecule has 2 N–H and O–H groups in total. The van der Waals surface area contributed by atoms with Crippen LogP contribution in [0.15, 0.2) is 53.8 Å². The molecule has 0 saturated heterocycles. The number of imidazole rings is 1. The zero-order valence-electron chi connectivity index (χ0n) is 14.5. The molecule has 26 heavy (non-hydrogen) atoms. The Morgan fingerprint density at radius 1 is 1.27 bits per heavy atom. The van der Waals surface area contributed by atoms with Crippen LogP contribution in [0.3, 0.4) is 0 Å². The van der Waals surface area contributed by atoms with Crippen molar-refractivity contribution in [2.75, 3.05) is 5.32 Å². The number of carbonyl (C=O) groups excluding carboxylic acids is 1. The normalized spacial score (nSPS) is 12.0. The number of aryl methyl sites for hydroxylation is 1. The summed E-state index contributed by atoms with van der Waals surface area (Å²) >= 11 is 7.19. The lowest BCUT2D eigenvalue weighted by Crippen LogP contribution is -2.23. The molecule has 1 amide bonds. The molecule has 0 fully saturated rings. The number of nitrogens with one attached hydrogen (secondary N) is 2. The summed E-state index contributed by atoms with van der Waals surface area (Å²) in [4.78, 5) is 24.3. The van der Waals surface area contributed by atoms with E-state index in [1.165, 1.54) is 23.5 Å². The number of aromatic amines is 1. The molecule has 0 saturated carbocycles. The molecule has 5 nitrogen and oxygen atoms in total. The zero-order valence-corrected chi connectivity index (χ0v) is 16.1. The number of nitrogens with zero attached hydrogens (tertiary/aromatic N) is 2. The summed E-state index contributed by atoms with van der Waals surface area (Å²) < 4.78 is 0. The van der Waals surface area contributed by atoms with Crippen LogP contribution in [0.25, 0.3) is 0 Å². The quantitative estimate of drug-likeness (QED) is 0.613. The van der Waals surface area contributed by atoms with Gasteiger partial charge in [-0.2, -0.15) is 0 Å². The second-order valence-corrected chi connectivity index (χ2v) is 7.65. The lowest BCUT2D eigenvalue weighted by atomic mass is 10.1. The summed E-state index contributed by atoms with van der Waals surface area (Å²) in [6.07, 6.45) is 2.26. The third-order valence-corrected chi connectivity index (χ3v) is 5.02. The minimum Gasteiger partial charge on any atom is -0.337 e. The molecular formula is C19H19ClN4OS. The number of amides is 1. The van der Waals surface area contributed by atoms with Crippen LogP contribution in [0, 0.1) is 6.92 Å². The summed E-state index contributed by atoms with van der Waals surface area (Å²) in [5.74, 6) is 0.343. The standard InChI is InChI=1S/C19H19ClN4OS/c1-12-16(10-14-6-4-3-5-7-14)23-19(22-12)26-13(2)18(25)24-17-9-8-15(20)11-21-17/h3-9,11,13H,10H2,1-2H3,(H,22,23)(H,21,24,25)/t13-/m1/s1. The third kappa shape index (κ3) is 4.86. The fraction of sp³-hybridized carbons (Fsp3) is 0.211. The largest absolute Gasteiger partial charge is 0.337 e. The van der Waals surface area contributed by atoms with Gasteiger partial charge in [-0.3, -0.25) is 4.79 Å². The number of rotatable bonds is 6. The number of aromatic nitrogens is 3. The molecule has 0 aliphatic heterocycles. The van der Waals surface area contributed by atoms with Gasteiger partial charge in [-0.1, -0.05) is 53.7 Å². The number of hydrogen-bond donors (Lipinski definition) is 2. The van der Waals surface area contributed by atoms with Crippen LogP contribution >= 0.6 is 23.4 Å². The maximum absolute atomic E-state index is 12.3. The molecule has 3 aromatic rings. The molecule has 2 aromatic heterocycles. The maximum Gasteiger partial charge on any atom is 0.238 e. The second kappa shape index (κ2) is 8.38. The van der Waals surface area contributed by atoms with Gasteiger partial charge in [-0.25, -0.2) is 9.97 Å². The van der Waals surface area contributed by atoms with Gasteiger partial charge in [0.05, 0.1) is 16.0 Å². The highest BCUT2D eigenvalue weighted by Crippen LogP contribution is 2.24. The highest BCUT2D eigenvalue weighted by atomic mass is 35.5. The molecule has 3 rings (SSSR count). The Labute approximate surface area is 161 Å². The van der Waals surface area contributed by atoms with Crippen LogP contribution in [0.1, 0.15) is 23.9 Å². The maximum atomic E-state index is 12.3. The number of H-pyrrole nitrogens is 1. The Kier molecular flexibility index (Phi) is 5.96. The van der Waals surface area contributed by atoms with E-state index < -0.39 is 0 Å². The number of pyridine rings is 1. The first kappa shape index (κ1) is 18.5. The van der Waals surface area contributed by atoms with E-state index in [0.717, 1.165) is 23.0 Å². The van der Waals surface area contributed by atoms with Crippen LogP contribution in [0.2, 0.25) is 5.02 Å². The van der Waals surface area contributed by atoms with Gasteiger partial charge in [0.25, 0.3) is 0 Å². The summed E-state index contributed by atoms with van der Waals surface area (Å²) in [7, 11) is 0. The Hall–Kier alpha value is -2.31. The van der Waals surface area contributed by atoms with Gasteiger partial charge in [0.2, 0.25) is 5.91 Å². The highest BCUT2D eigenvalue weighted by Gasteiger charge is 2.18. The van der Waals surface area contributed by atoms with Crippen molar-refractivity contribution in [3.8, 4) is 0 Å². The minimum absolute atomic E-state index is 0.136. The number of carbonyl (C=O) groups is 1. The number of thioether (sulfide) groups is 1. The van der Waals surface area contributed by atoms with Gasteiger partial charge in [-0.15, -0.1) is 0 Å². The van der Waals surface area contributed by atoms with Crippen molar-refractivity contribution in [1.82, 2.24) is 15.0 Å². The van der Waals surface area contributed by atoms with Crippen molar-refractivity contribution in [1.29, 1.82) is 0 Å². The molecule has 0 aliphatic rings. The highest BCUT2D eigenvalue weighted by molar-refractivity contribution is 8.00. The van der Waals surface area contributed by atoms with Crippen molar-refractivity contribution in [3.63, 3.8) is 0 Å². The molecule has 1 atom stereocenters. The number of hydrogen-bond acceptors (Lipinski definition) is 4. The molecule has 0 spiro atoms. The van der Waals surface area contributed by atoms with Crippen molar-refractivity contribution < 1.29 is 4.79 Å². The van der Waals surface area contributed by atoms with Crippen LogP contribution in [0.5, 0.6) is 0 Å². The van der Waals surface area contributed by atoms with Crippen molar-refractivity contribution in [2.45, 2.75) is 30.7 Å².